The Labute approximate surface area is 96.3 Å². The van der Waals surface area contributed by atoms with Gasteiger partial charge < -0.3 is 4.74 Å². The largest absolute Gasteiger partial charge is 0.449 e. The van der Waals surface area contributed by atoms with E-state index < -0.39 is 0 Å². The third-order valence-electron chi connectivity index (χ3n) is 2.37. The Morgan fingerprint density at radius 1 is 1.50 bits per heavy atom. The molecular formula is C13H17NO2. The van der Waals surface area contributed by atoms with Gasteiger partial charge in [-0.15, -0.1) is 0 Å². The average Bonchev–Trinajstić information content (AvgIpc) is 2.31. The lowest BCUT2D eigenvalue weighted by molar-refractivity contribution is 0.112. The van der Waals surface area contributed by atoms with Crippen LogP contribution in [-0.4, -0.2) is 17.6 Å². The Morgan fingerprint density at radius 2 is 2.12 bits per heavy atom. The maximum absolute atomic E-state index is 11.6. The molecular weight excluding hydrogens is 202 g/mol. The van der Waals surface area contributed by atoms with Crippen LogP contribution in [0.1, 0.15) is 25.5 Å². The zero-order chi connectivity index (χ0) is 12.0. The van der Waals surface area contributed by atoms with Crippen molar-refractivity contribution in [1.29, 1.82) is 0 Å². The summed E-state index contributed by atoms with van der Waals surface area (Å²) in [6.07, 6.45) is 1.13. The van der Waals surface area contributed by atoms with Gasteiger partial charge in [0, 0.05) is 6.20 Å². The van der Waals surface area contributed by atoms with Gasteiger partial charge in [0.15, 0.2) is 0 Å². The fraction of sp³-hybridized carbons (Fsp3) is 0.308. The van der Waals surface area contributed by atoms with Gasteiger partial charge in [-0.2, -0.15) is 0 Å². The summed E-state index contributed by atoms with van der Waals surface area (Å²) in [6.45, 7) is 7.72. The van der Waals surface area contributed by atoms with Crippen LogP contribution in [0, 0.1) is 0 Å². The third kappa shape index (κ3) is 2.86. The second kappa shape index (κ2) is 5.95. The van der Waals surface area contributed by atoms with Gasteiger partial charge in [-0.25, -0.2) is 4.79 Å². The van der Waals surface area contributed by atoms with E-state index in [1.54, 1.807) is 6.92 Å². The summed E-state index contributed by atoms with van der Waals surface area (Å²) in [7, 11) is 0. The summed E-state index contributed by atoms with van der Waals surface area (Å²) in [5.74, 6) is 0. The summed E-state index contributed by atoms with van der Waals surface area (Å²) in [6, 6.07) is 9.70. The molecule has 1 rings (SSSR count). The number of amides is 1. The molecule has 1 unspecified atom stereocenters. The number of carbonyl (C=O) groups excluding carboxylic acids is 1. The smallest absolute Gasteiger partial charge is 0.414 e. The molecule has 0 N–H and O–H groups in total. The molecule has 0 bridgehead atoms. The highest BCUT2D eigenvalue weighted by molar-refractivity contribution is 5.69. The third-order valence-corrected chi connectivity index (χ3v) is 2.37. The van der Waals surface area contributed by atoms with Gasteiger partial charge in [0.25, 0.3) is 0 Å². The average molecular weight is 219 g/mol. The van der Waals surface area contributed by atoms with E-state index in [0.717, 1.165) is 5.56 Å². The number of ether oxygens (including phenoxy) is 1. The van der Waals surface area contributed by atoms with E-state index in [1.807, 2.05) is 37.3 Å². The predicted octanol–water partition coefficient (Wildman–Crippen LogP) is 3.35. The number of rotatable bonds is 4. The molecule has 1 amide bonds. The van der Waals surface area contributed by atoms with Crippen molar-refractivity contribution in [3.05, 3.63) is 48.7 Å². The first-order chi connectivity index (χ1) is 7.70. The van der Waals surface area contributed by atoms with Gasteiger partial charge in [-0.1, -0.05) is 36.9 Å². The Bertz CT molecular complexity index is 348. The van der Waals surface area contributed by atoms with Crippen LogP contribution >= 0.6 is 0 Å². The molecule has 0 saturated heterocycles. The van der Waals surface area contributed by atoms with Gasteiger partial charge in [-0.3, -0.25) is 4.90 Å². The van der Waals surface area contributed by atoms with Crippen LogP contribution in [-0.2, 0) is 4.74 Å². The second-order valence-corrected chi connectivity index (χ2v) is 3.38. The quantitative estimate of drug-likeness (QED) is 0.777. The van der Waals surface area contributed by atoms with Gasteiger partial charge >= 0.3 is 6.09 Å². The Hall–Kier alpha value is -1.77. The van der Waals surface area contributed by atoms with Gasteiger partial charge in [0.1, 0.15) is 0 Å². The summed E-state index contributed by atoms with van der Waals surface area (Å²) >= 11 is 0. The van der Waals surface area contributed by atoms with Crippen molar-refractivity contribution in [2.45, 2.75) is 19.9 Å². The fourth-order valence-electron chi connectivity index (χ4n) is 1.48. The van der Waals surface area contributed by atoms with Crippen molar-refractivity contribution in [3.63, 3.8) is 0 Å². The van der Waals surface area contributed by atoms with Crippen LogP contribution in [0.3, 0.4) is 0 Å². The number of carbonyl (C=O) groups is 1. The molecule has 0 radical (unpaired) electrons. The molecule has 0 heterocycles. The zero-order valence-corrected chi connectivity index (χ0v) is 9.72. The van der Waals surface area contributed by atoms with Crippen LogP contribution in [0.5, 0.6) is 0 Å². The van der Waals surface area contributed by atoms with Gasteiger partial charge in [0.05, 0.1) is 12.6 Å². The molecule has 16 heavy (non-hydrogen) atoms. The molecule has 0 aliphatic carbocycles. The van der Waals surface area contributed by atoms with E-state index in [-0.39, 0.29) is 12.1 Å². The Kier molecular flexibility index (Phi) is 4.58. The molecule has 0 aromatic heterocycles. The minimum atomic E-state index is -0.367. The molecule has 0 saturated carbocycles. The molecule has 0 aliphatic rings. The van der Waals surface area contributed by atoms with Crippen LogP contribution < -0.4 is 0 Å². The first kappa shape index (κ1) is 12.3. The summed E-state index contributed by atoms with van der Waals surface area (Å²) in [5.41, 5.74) is 1.05. The summed E-state index contributed by atoms with van der Waals surface area (Å²) in [4.78, 5) is 13.1. The van der Waals surface area contributed by atoms with Crippen molar-refractivity contribution < 1.29 is 9.53 Å². The lowest BCUT2D eigenvalue weighted by Gasteiger charge is -2.24. The number of hydrogen-bond donors (Lipinski definition) is 0. The highest BCUT2D eigenvalue weighted by Crippen LogP contribution is 2.20. The van der Waals surface area contributed by atoms with E-state index in [9.17, 15) is 4.79 Å². The first-order valence-electron chi connectivity index (χ1n) is 5.33. The Balaban J connectivity index is 2.81. The van der Waals surface area contributed by atoms with Gasteiger partial charge in [-0.05, 0) is 19.4 Å². The first-order valence-corrected chi connectivity index (χ1v) is 5.33. The molecule has 3 heteroatoms. The van der Waals surface area contributed by atoms with E-state index >= 15 is 0 Å². The van der Waals surface area contributed by atoms with Crippen molar-refractivity contribution in [1.82, 2.24) is 4.90 Å². The molecule has 0 aliphatic heterocycles. The van der Waals surface area contributed by atoms with E-state index in [0.29, 0.717) is 6.61 Å². The van der Waals surface area contributed by atoms with Crippen LogP contribution in [0.15, 0.2) is 43.1 Å². The predicted molar refractivity (Wildman–Crippen MR) is 63.9 cm³/mol. The van der Waals surface area contributed by atoms with Crippen LogP contribution in [0.4, 0.5) is 4.79 Å². The number of benzene rings is 1. The van der Waals surface area contributed by atoms with E-state index in [1.165, 1.54) is 11.1 Å². The lowest BCUT2D eigenvalue weighted by atomic mass is 10.1. The molecule has 86 valence electrons. The second-order valence-electron chi connectivity index (χ2n) is 3.38. The molecule has 0 spiro atoms. The standard InChI is InChI=1S/C13H17NO2/c1-4-14(13(15)16-5-2)11(3)12-9-7-6-8-10-12/h4,6-11H,1,5H2,2-3H3. The fourth-order valence-corrected chi connectivity index (χ4v) is 1.48. The van der Waals surface area contributed by atoms with E-state index in [4.69, 9.17) is 4.74 Å². The van der Waals surface area contributed by atoms with Crippen molar-refractivity contribution in [2.24, 2.45) is 0 Å². The van der Waals surface area contributed by atoms with Gasteiger partial charge in [0.2, 0.25) is 0 Å². The SMILES string of the molecule is C=CN(C(=O)OCC)C(C)c1ccccc1. The minimum Gasteiger partial charge on any atom is -0.449 e. The molecule has 1 atom stereocenters. The normalized spacial score (nSPS) is 11.6. The van der Waals surface area contributed by atoms with Crippen LogP contribution in [0.25, 0.3) is 0 Å². The summed E-state index contributed by atoms with van der Waals surface area (Å²) in [5, 5.41) is 0. The van der Waals surface area contributed by atoms with Crippen molar-refractivity contribution in [3.8, 4) is 0 Å². The minimum absolute atomic E-state index is 0.0715. The summed E-state index contributed by atoms with van der Waals surface area (Å²) < 4.78 is 4.95. The monoisotopic (exact) mass is 219 g/mol. The number of nitrogens with zero attached hydrogens (tertiary/aromatic N) is 1. The van der Waals surface area contributed by atoms with Crippen molar-refractivity contribution in [2.75, 3.05) is 6.61 Å². The molecule has 0 fully saturated rings. The van der Waals surface area contributed by atoms with Crippen LogP contribution in [0.2, 0.25) is 0 Å². The zero-order valence-electron chi connectivity index (χ0n) is 9.72. The van der Waals surface area contributed by atoms with Crippen molar-refractivity contribution >= 4 is 6.09 Å². The highest BCUT2D eigenvalue weighted by Gasteiger charge is 2.19. The van der Waals surface area contributed by atoms with E-state index in [2.05, 4.69) is 6.58 Å². The topological polar surface area (TPSA) is 29.5 Å². The molecule has 1 aromatic carbocycles. The lowest BCUT2D eigenvalue weighted by Crippen LogP contribution is -2.29. The number of hydrogen-bond acceptors (Lipinski definition) is 2. The molecule has 1 aromatic rings. The maximum Gasteiger partial charge on any atom is 0.414 e. The molecule has 3 nitrogen and oxygen atoms in total. The Morgan fingerprint density at radius 3 is 2.62 bits per heavy atom. The highest BCUT2D eigenvalue weighted by atomic mass is 16.6. The maximum atomic E-state index is 11.6.